The highest BCUT2D eigenvalue weighted by Crippen LogP contribution is 2.37. The number of rotatable bonds is 5. The number of thioether (sulfide) groups is 1. The van der Waals surface area contributed by atoms with E-state index in [1.807, 2.05) is 32.0 Å². The van der Waals surface area contributed by atoms with Crippen LogP contribution in [0.4, 0.5) is 24.5 Å². The van der Waals surface area contributed by atoms with Crippen LogP contribution in [-0.4, -0.2) is 25.8 Å². The Morgan fingerprint density at radius 1 is 1.12 bits per heavy atom. The maximum Gasteiger partial charge on any atom is 0.418 e. The lowest BCUT2D eigenvalue weighted by Gasteiger charge is -2.18. The van der Waals surface area contributed by atoms with Crippen molar-refractivity contribution in [3.05, 3.63) is 53.1 Å². The van der Waals surface area contributed by atoms with Gasteiger partial charge in [-0.2, -0.15) is 13.2 Å². The molecule has 0 aliphatic heterocycles. The number of benzene rings is 2. The van der Waals surface area contributed by atoms with Crippen molar-refractivity contribution >= 4 is 29.0 Å². The van der Waals surface area contributed by atoms with Gasteiger partial charge in [-0.25, -0.2) is 0 Å². The number of alkyl halides is 3. The zero-order chi connectivity index (χ0) is 19.5. The molecule has 140 valence electrons. The van der Waals surface area contributed by atoms with E-state index in [1.165, 1.54) is 17.8 Å². The van der Waals surface area contributed by atoms with Gasteiger partial charge in [-0.15, -0.1) is 11.8 Å². The molecule has 2 rings (SSSR count). The molecule has 1 amide bonds. The second-order valence-electron chi connectivity index (χ2n) is 6.23. The number of halogens is 3. The number of carbonyl (C=O) groups excluding carboxylic acids is 1. The van der Waals surface area contributed by atoms with Crippen molar-refractivity contribution < 1.29 is 18.0 Å². The lowest BCUT2D eigenvalue weighted by atomic mass is 10.1. The monoisotopic (exact) mass is 382 g/mol. The SMILES string of the molecule is Cc1ccc(C)c(SCC(=O)Nc2ccc(N(C)C)cc2C(F)(F)F)c1. The Morgan fingerprint density at radius 2 is 1.81 bits per heavy atom. The number of nitrogens with zero attached hydrogens (tertiary/aromatic N) is 1. The molecule has 26 heavy (non-hydrogen) atoms. The standard InChI is InChI=1S/C19H21F3N2OS/c1-12-5-6-13(2)17(9-12)26-11-18(25)23-16-8-7-14(24(3)4)10-15(16)19(20,21)22/h5-10H,11H2,1-4H3,(H,23,25). The summed E-state index contributed by atoms with van der Waals surface area (Å²) in [6, 6.07) is 9.76. The van der Waals surface area contributed by atoms with Crippen LogP contribution >= 0.6 is 11.8 Å². The molecule has 0 bridgehead atoms. The fourth-order valence-electron chi connectivity index (χ4n) is 2.35. The molecule has 0 unspecified atom stereocenters. The minimum Gasteiger partial charge on any atom is -0.378 e. The molecule has 0 saturated carbocycles. The van der Waals surface area contributed by atoms with Crippen molar-refractivity contribution in [2.75, 3.05) is 30.1 Å². The Hall–Kier alpha value is -2.15. The van der Waals surface area contributed by atoms with E-state index >= 15 is 0 Å². The molecule has 2 aromatic carbocycles. The predicted molar refractivity (Wildman–Crippen MR) is 101 cm³/mol. The molecule has 0 atom stereocenters. The third-order valence-corrected chi connectivity index (χ3v) is 4.96. The average Bonchev–Trinajstić information content (AvgIpc) is 2.54. The summed E-state index contributed by atoms with van der Waals surface area (Å²) in [5.74, 6) is -0.434. The fraction of sp³-hybridized carbons (Fsp3) is 0.316. The molecule has 7 heteroatoms. The highest BCUT2D eigenvalue weighted by Gasteiger charge is 2.34. The second kappa shape index (κ2) is 8.03. The summed E-state index contributed by atoms with van der Waals surface area (Å²) in [6.45, 7) is 3.88. The van der Waals surface area contributed by atoms with Crippen LogP contribution in [-0.2, 0) is 11.0 Å². The smallest absolute Gasteiger partial charge is 0.378 e. The highest BCUT2D eigenvalue weighted by atomic mass is 32.2. The number of anilines is 2. The summed E-state index contributed by atoms with van der Waals surface area (Å²) >= 11 is 1.31. The lowest BCUT2D eigenvalue weighted by molar-refractivity contribution is -0.136. The van der Waals surface area contributed by atoms with Crippen LogP contribution in [0.25, 0.3) is 0 Å². The van der Waals surface area contributed by atoms with Crippen molar-refractivity contribution in [2.45, 2.75) is 24.9 Å². The van der Waals surface area contributed by atoms with Crippen molar-refractivity contribution in [3.8, 4) is 0 Å². The molecule has 0 spiro atoms. The van der Waals surface area contributed by atoms with E-state index < -0.39 is 17.6 Å². The van der Waals surface area contributed by atoms with Gasteiger partial charge in [0.25, 0.3) is 0 Å². The number of hydrogen-bond acceptors (Lipinski definition) is 3. The lowest BCUT2D eigenvalue weighted by Crippen LogP contribution is -2.19. The summed E-state index contributed by atoms with van der Waals surface area (Å²) in [7, 11) is 3.32. The van der Waals surface area contributed by atoms with Crippen molar-refractivity contribution in [2.24, 2.45) is 0 Å². The topological polar surface area (TPSA) is 32.3 Å². The first-order chi connectivity index (χ1) is 12.1. The predicted octanol–water partition coefficient (Wildman–Crippen LogP) is 5.12. The van der Waals surface area contributed by atoms with Crippen LogP contribution in [0.15, 0.2) is 41.3 Å². The minimum absolute atomic E-state index is 0.0387. The number of carbonyl (C=O) groups is 1. The minimum atomic E-state index is -4.55. The molecule has 1 N–H and O–H groups in total. The largest absolute Gasteiger partial charge is 0.418 e. The first-order valence-corrected chi connectivity index (χ1v) is 8.95. The zero-order valence-electron chi connectivity index (χ0n) is 15.1. The third kappa shape index (κ3) is 5.17. The van der Waals surface area contributed by atoms with E-state index in [1.54, 1.807) is 25.1 Å². The van der Waals surface area contributed by atoms with E-state index in [4.69, 9.17) is 0 Å². The quantitative estimate of drug-likeness (QED) is 0.729. The van der Waals surface area contributed by atoms with Crippen LogP contribution in [0.3, 0.4) is 0 Å². The Balaban J connectivity index is 2.14. The maximum absolute atomic E-state index is 13.3. The summed E-state index contributed by atoms with van der Waals surface area (Å²) in [6.07, 6.45) is -4.55. The fourth-order valence-corrected chi connectivity index (χ4v) is 3.27. The van der Waals surface area contributed by atoms with E-state index in [-0.39, 0.29) is 11.4 Å². The number of hydrogen-bond donors (Lipinski definition) is 1. The number of amides is 1. The van der Waals surface area contributed by atoms with Crippen LogP contribution in [0.2, 0.25) is 0 Å². The van der Waals surface area contributed by atoms with E-state index in [2.05, 4.69) is 5.32 Å². The molecular formula is C19H21F3N2OS. The zero-order valence-corrected chi connectivity index (χ0v) is 15.9. The Kier molecular flexibility index (Phi) is 6.23. The number of nitrogens with one attached hydrogen (secondary N) is 1. The molecular weight excluding hydrogens is 361 g/mol. The molecule has 0 saturated heterocycles. The molecule has 0 aliphatic rings. The van der Waals surface area contributed by atoms with Gasteiger partial charge in [0.2, 0.25) is 5.91 Å². The Bertz CT molecular complexity index is 804. The summed E-state index contributed by atoms with van der Waals surface area (Å²) in [4.78, 5) is 14.7. The van der Waals surface area contributed by atoms with Gasteiger partial charge in [0, 0.05) is 24.7 Å². The third-order valence-electron chi connectivity index (χ3n) is 3.80. The van der Waals surface area contributed by atoms with Crippen LogP contribution < -0.4 is 10.2 Å². The molecule has 2 aromatic rings. The van der Waals surface area contributed by atoms with Gasteiger partial charge in [-0.3, -0.25) is 4.79 Å². The van der Waals surface area contributed by atoms with Gasteiger partial charge in [0.1, 0.15) is 0 Å². The summed E-state index contributed by atoms with van der Waals surface area (Å²) in [5.41, 5.74) is 1.43. The van der Waals surface area contributed by atoms with E-state index in [9.17, 15) is 18.0 Å². The normalized spacial score (nSPS) is 11.3. The van der Waals surface area contributed by atoms with Gasteiger partial charge >= 0.3 is 6.18 Å². The number of aryl methyl sites for hydroxylation is 2. The highest BCUT2D eigenvalue weighted by molar-refractivity contribution is 8.00. The molecule has 0 aromatic heterocycles. The first-order valence-electron chi connectivity index (χ1n) is 7.96. The second-order valence-corrected chi connectivity index (χ2v) is 7.25. The van der Waals surface area contributed by atoms with E-state index in [0.717, 1.165) is 22.1 Å². The van der Waals surface area contributed by atoms with Crippen molar-refractivity contribution in [3.63, 3.8) is 0 Å². The average molecular weight is 382 g/mol. The van der Waals surface area contributed by atoms with Gasteiger partial charge in [0.05, 0.1) is 17.0 Å². The van der Waals surface area contributed by atoms with Crippen LogP contribution in [0.1, 0.15) is 16.7 Å². The van der Waals surface area contributed by atoms with Gasteiger partial charge in [-0.1, -0.05) is 17.7 Å². The van der Waals surface area contributed by atoms with Gasteiger partial charge in [0.15, 0.2) is 0 Å². The molecule has 3 nitrogen and oxygen atoms in total. The van der Waals surface area contributed by atoms with Crippen LogP contribution in [0.5, 0.6) is 0 Å². The molecule has 0 heterocycles. The van der Waals surface area contributed by atoms with Gasteiger partial charge < -0.3 is 10.2 Å². The van der Waals surface area contributed by atoms with Gasteiger partial charge in [-0.05, 0) is 43.7 Å². The van der Waals surface area contributed by atoms with E-state index in [0.29, 0.717) is 5.69 Å². The first kappa shape index (κ1) is 20.2. The summed E-state index contributed by atoms with van der Waals surface area (Å²) < 4.78 is 39.9. The van der Waals surface area contributed by atoms with Crippen molar-refractivity contribution in [1.82, 2.24) is 0 Å². The molecule has 0 aliphatic carbocycles. The molecule has 0 radical (unpaired) electrons. The van der Waals surface area contributed by atoms with Crippen molar-refractivity contribution in [1.29, 1.82) is 0 Å². The van der Waals surface area contributed by atoms with Crippen LogP contribution in [0, 0.1) is 13.8 Å². The summed E-state index contributed by atoms with van der Waals surface area (Å²) in [5, 5.41) is 2.39. The maximum atomic E-state index is 13.3. The Labute approximate surface area is 155 Å². The Morgan fingerprint density at radius 3 is 2.42 bits per heavy atom. The molecule has 0 fully saturated rings.